The summed E-state index contributed by atoms with van der Waals surface area (Å²) in [6.07, 6.45) is 1.12. The van der Waals surface area contributed by atoms with Crippen LogP contribution in [0.2, 0.25) is 0 Å². The summed E-state index contributed by atoms with van der Waals surface area (Å²) >= 11 is 0. The van der Waals surface area contributed by atoms with Crippen LogP contribution in [0.1, 0.15) is 37.7 Å². The van der Waals surface area contributed by atoms with Crippen molar-refractivity contribution in [2.45, 2.75) is 44.3 Å². The van der Waals surface area contributed by atoms with Gasteiger partial charge in [0.05, 0.1) is 12.1 Å². The zero-order valence-corrected chi connectivity index (χ0v) is 16.8. The first-order chi connectivity index (χ1) is 13.8. The highest BCUT2D eigenvalue weighted by atomic mass is 19.4. The van der Waals surface area contributed by atoms with Crippen molar-refractivity contribution in [1.29, 1.82) is 0 Å². The van der Waals surface area contributed by atoms with Gasteiger partial charge in [-0.15, -0.1) is 0 Å². The Morgan fingerprint density at radius 2 is 1.79 bits per heavy atom. The molecule has 1 heterocycles. The summed E-state index contributed by atoms with van der Waals surface area (Å²) in [6, 6.07) is 5.87. The van der Waals surface area contributed by atoms with Gasteiger partial charge in [-0.2, -0.15) is 13.2 Å². The lowest BCUT2D eigenvalue weighted by Gasteiger charge is -2.37. The Hall–Kier alpha value is -1.80. The molecule has 1 aliphatic carbocycles. The highest BCUT2D eigenvalue weighted by Gasteiger charge is 2.31. The number of nitrogens with one attached hydrogen (secondary N) is 1. The van der Waals surface area contributed by atoms with Crippen molar-refractivity contribution >= 4 is 11.6 Å². The molecule has 3 N–H and O–H groups in total. The van der Waals surface area contributed by atoms with Crippen LogP contribution in [-0.4, -0.2) is 56.1 Å². The zero-order valence-electron chi connectivity index (χ0n) is 16.8. The summed E-state index contributed by atoms with van der Waals surface area (Å²) in [5.74, 6) is 0.606. The SMILES string of the molecule is NCC(=O)NC1CCC(CCN2CCN(c3cccc(C(F)(F)F)c3)CC2)CC1. The summed E-state index contributed by atoms with van der Waals surface area (Å²) in [5.41, 5.74) is 5.41. The number of rotatable bonds is 6. The third-order valence-electron chi connectivity index (χ3n) is 6.16. The highest BCUT2D eigenvalue weighted by Crippen LogP contribution is 2.32. The smallest absolute Gasteiger partial charge is 0.369 e. The van der Waals surface area contributed by atoms with Crippen LogP contribution < -0.4 is 16.0 Å². The molecule has 2 aliphatic rings. The summed E-state index contributed by atoms with van der Waals surface area (Å²) < 4.78 is 38.8. The van der Waals surface area contributed by atoms with Crippen molar-refractivity contribution in [2.24, 2.45) is 11.7 Å². The van der Waals surface area contributed by atoms with Gasteiger partial charge in [0.1, 0.15) is 0 Å². The van der Waals surface area contributed by atoms with Crippen molar-refractivity contribution in [3.05, 3.63) is 29.8 Å². The Bertz CT molecular complexity index is 666. The van der Waals surface area contributed by atoms with E-state index in [0.29, 0.717) is 11.6 Å². The van der Waals surface area contributed by atoms with Crippen molar-refractivity contribution in [2.75, 3.05) is 44.2 Å². The number of nitrogens with zero attached hydrogens (tertiary/aromatic N) is 2. The molecule has 3 rings (SSSR count). The Kier molecular flexibility index (Phi) is 7.40. The predicted molar refractivity (Wildman–Crippen MR) is 108 cm³/mol. The van der Waals surface area contributed by atoms with E-state index in [2.05, 4.69) is 10.2 Å². The van der Waals surface area contributed by atoms with Gasteiger partial charge >= 0.3 is 6.18 Å². The molecule has 0 radical (unpaired) electrons. The number of nitrogens with two attached hydrogens (primary N) is 1. The summed E-state index contributed by atoms with van der Waals surface area (Å²) in [4.78, 5) is 15.8. The minimum absolute atomic E-state index is 0.0480. The molecule has 0 unspecified atom stereocenters. The van der Waals surface area contributed by atoms with Crippen LogP contribution >= 0.6 is 0 Å². The van der Waals surface area contributed by atoms with Gasteiger partial charge in [0, 0.05) is 37.9 Å². The molecule has 29 heavy (non-hydrogen) atoms. The maximum atomic E-state index is 12.9. The Labute approximate surface area is 170 Å². The molecule has 1 amide bonds. The maximum Gasteiger partial charge on any atom is 0.416 e. The predicted octanol–water partition coefficient (Wildman–Crippen LogP) is 2.85. The molecule has 0 bridgehead atoms. The van der Waals surface area contributed by atoms with Gasteiger partial charge in [-0.05, 0) is 62.8 Å². The number of hydrogen-bond acceptors (Lipinski definition) is 4. The first kappa shape index (κ1) is 21.9. The second kappa shape index (κ2) is 9.80. The Morgan fingerprint density at radius 1 is 1.10 bits per heavy atom. The van der Waals surface area contributed by atoms with Crippen LogP contribution in [0.4, 0.5) is 18.9 Å². The summed E-state index contributed by atoms with van der Waals surface area (Å²) in [6.45, 7) is 4.32. The topological polar surface area (TPSA) is 61.6 Å². The van der Waals surface area contributed by atoms with E-state index in [0.717, 1.165) is 70.9 Å². The Morgan fingerprint density at radius 3 is 2.41 bits per heavy atom. The fraction of sp³-hybridized carbons (Fsp3) is 0.667. The van der Waals surface area contributed by atoms with E-state index in [1.165, 1.54) is 12.1 Å². The molecule has 1 saturated heterocycles. The molecular formula is C21H31F3N4O. The number of carbonyl (C=O) groups is 1. The molecule has 0 aromatic heterocycles. The molecule has 0 spiro atoms. The number of piperazine rings is 1. The number of halogens is 3. The summed E-state index contributed by atoms with van der Waals surface area (Å²) in [7, 11) is 0. The first-order valence-corrected chi connectivity index (χ1v) is 10.5. The van der Waals surface area contributed by atoms with Gasteiger partial charge in [0.15, 0.2) is 0 Å². The van der Waals surface area contributed by atoms with E-state index < -0.39 is 11.7 Å². The third-order valence-corrected chi connectivity index (χ3v) is 6.16. The van der Waals surface area contributed by atoms with Crippen molar-refractivity contribution < 1.29 is 18.0 Å². The minimum atomic E-state index is -4.30. The molecule has 0 atom stereocenters. The minimum Gasteiger partial charge on any atom is -0.369 e. The van der Waals surface area contributed by atoms with Gasteiger partial charge in [-0.25, -0.2) is 0 Å². The molecule has 8 heteroatoms. The molecule has 2 fully saturated rings. The first-order valence-electron chi connectivity index (χ1n) is 10.5. The molecule has 1 saturated carbocycles. The van der Waals surface area contributed by atoms with Crippen molar-refractivity contribution in [3.8, 4) is 0 Å². The average Bonchev–Trinajstić information content (AvgIpc) is 2.73. The number of alkyl halides is 3. The molecule has 1 aromatic carbocycles. The van der Waals surface area contributed by atoms with Crippen LogP contribution in [0.25, 0.3) is 0 Å². The lowest BCUT2D eigenvalue weighted by Crippen LogP contribution is -2.47. The van der Waals surface area contributed by atoms with E-state index in [4.69, 9.17) is 5.73 Å². The number of hydrogen-bond donors (Lipinski definition) is 2. The van der Waals surface area contributed by atoms with E-state index in [9.17, 15) is 18.0 Å². The number of carbonyl (C=O) groups excluding carboxylic acids is 1. The Balaban J connectivity index is 1.38. The molecule has 162 valence electrons. The molecule has 1 aromatic rings. The van der Waals surface area contributed by atoms with Gasteiger partial charge in [0.25, 0.3) is 0 Å². The number of benzene rings is 1. The van der Waals surface area contributed by atoms with E-state index in [1.54, 1.807) is 6.07 Å². The summed E-state index contributed by atoms with van der Waals surface area (Å²) in [5, 5.41) is 2.98. The normalized spacial score (nSPS) is 23.8. The fourth-order valence-corrected chi connectivity index (χ4v) is 4.36. The number of anilines is 1. The van der Waals surface area contributed by atoms with Crippen LogP contribution in [0.15, 0.2) is 24.3 Å². The van der Waals surface area contributed by atoms with E-state index in [-0.39, 0.29) is 18.5 Å². The fourth-order valence-electron chi connectivity index (χ4n) is 4.36. The lowest BCUT2D eigenvalue weighted by molar-refractivity contribution is -0.137. The monoisotopic (exact) mass is 412 g/mol. The molecular weight excluding hydrogens is 381 g/mol. The van der Waals surface area contributed by atoms with Crippen LogP contribution in [-0.2, 0) is 11.0 Å². The van der Waals surface area contributed by atoms with E-state index in [1.807, 2.05) is 4.90 Å². The van der Waals surface area contributed by atoms with Gasteiger partial charge in [0.2, 0.25) is 5.91 Å². The van der Waals surface area contributed by atoms with E-state index >= 15 is 0 Å². The van der Waals surface area contributed by atoms with Gasteiger partial charge in [-0.3, -0.25) is 9.69 Å². The van der Waals surface area contributed by atoms with Crippen LogP contribution in [0.5, 0.6) is 0 Å². The number of amides is 1. The lowest BCUT2D eigenvalue weighted by atomic mass is 9.84. The second-order valence-corrected chi connectivity index (χ2v) is 8.15. The maximum absolute atomic E-state index is 12.9. The quantitative estimate of drug-likeness (QED) is 0.754. The standard InChI is InChI=1S/C21H31F3N4O/c22-21(23,24)17-2-1-3-19(14-17)28-12-10-27(11-13-28)9-8-16-4-6-18(7-5-16)26-20(29)15-25/h1-3,14,16,18H,4-13,15,25H2,(H,26,29). The molecule has 1 aliphatic heterocycles. The third kappa shape index (κ3) is 6.34. The largest absolute Gasteiger partial charge is 0.416 e. The second-order valence-electron chi connectivity index (χ2n) is 8.15. The van der Waals surface area contributed by atoms with Crippen LogP contribution in [0.3, 0.4) is 0 Å². The molecule has 5 nitrogen and oxygen atoms in total. The van der Waals surface area contributed by atoms with Crippen LogP contribution in [0, 0.1) is 5.92 Å². The van der Waals surface area contributed by atoms with Gasteiger partial charge in [-0.1, -0.05) is 6.07 Å². The van der Waals surface area contributed by atoms with Gasteiger partial charge < -0.3 is 16.0 Å². The highest BCUT2D eigenvalue weighted by molar-refractivity contribution is 5.78. The average molecular weight is 413 g/mol. The zero-order chi connectivity index (χ0) is 20.9. The van der Waals surface area contributed by atoms with Crippen molar-refractivity contribution in [1.82, 2.24) is 10.2 Å². The van der Waals surface area contributed by atoms with Crippen molar-refractivity contribution in [3.63, 3.8) is 0 Å².